The second kappa shape index (κ2) is 6.22. The summed E-state index contributed by atoms with van der Waals surface area (Å²) in [5.74, 6) is 0.888. The van der Waals surface area contributed by atoms with Crippen LogP contribution in [0.3, 0.4) is 0 Å². The van der Waals surface area contributed by atoms with Gasteiger partial charge in [0, 0.05) is 18.0 Å². The highest BCUT2D eigenvalue weighted by atomic mass is 16.3. The zero-order chi connectivity index (χ0) is 14.8. The van der Waals surface area contributed by atoms with Gasteiger partial charge in [0.15, 0.2) is 0 Å². The molecule has 5 heteroatoms. The Balaban J connectivity index is 2.16. The lowest BCUT2D eigenvalue weighted by Gasteiger charge is -2.46. The van der Waals surface area contributed by atoms with Gasteiger partial charge in [-0.1, -0.05) is 19.3 Å². The molecule has 114 valence electrons. The third-order valence-electron chi connectivity index (χ3n) is 4.74. The number of hydrogen-bond acceptors (Lipinski definition) is 4. The molecule has 2 rings (SSSR count). The van der Waals surface area contributed by atoms with Crippen molar-refractivity contribution >= 4 is 0 Å². The molecule has 0 amide bonds. The number of rotatable bonds is 5. The van der Waals surface area contributed by atoms with Crippen LogP contribution in [-0.4, -0.2) is 50.5 Å². The number of aliphatic hydroxyl groups is 1. The minimum Gasteiger partial charge on any atom is -0.391 e. The summed E-state index contributed by atoms with van der Waals surface area (Å²) in [6, 6.07) is 0.279. The molecule has 1 aliphatic carbocycles. The van der Waals surface area contributed by atoms with Crippen molar-refractivity contribution in [2.75, 3.05) is 14.1 Å². The minimum absolute atomic E-state index is 0.105. The van der Waals surface area contributed by atoms with Crippen molar-refractivity contribution in [2.24, 2.45) is 0 Å². The van der Waals surface area contributed by atoms with E-state index in [1.165, 1.54) is 19.3 Å². The summed E-state index contributed by atoms with van der Waals surface area (Å²) in [6.07, 6.45) is 7.60. The van der Waals surface area contributed by atoms with E-state index in [4.69, 9.17) is 0 Å². The van der Waals surface area contributed by atoms with E-state index in [-0.39, 0.29) is 17.7 Å². The van der Waals surface area contributed by atoms with Crippen molar-refractivity contribution < 1.29 is 5.11 Å². The summed E-state index contributed by atoms with van der Waals surface area (Å²) in [6.45, 7) is 4.18. The fourth-order valence-corrected chi connectivity index (χ4v) is 3.46. The summed E-state index contributed by atoms with van der Waals surface area (Å²) in [7, 11) is 4.17. The molecule has 0 radical (unpaired) electrons. The second-order valence-electron chi connectivity index (χ2n) is 6.49. The standard InChI is InChI=1S/C15H28N4O/c1-12(2)19-14(16-11-17-19)10-13(20)15(18(3)4)8-6-5-7-9-15/h11-13,20H,5-10H2,1-4H3. The lowest BCUT2D eigenvalue weighted by atomic mass is 9.75. The number of nitrogens with zero attached hydrogens (tertiary/aromatic N) is 4. The molecular formula is C15H28N4O. The quantitative estimate of drug-likeness (QED) is 0.896. The molecular weight excluding hydrogens is 252 g/mol. The summed E-state index contributed by atoms with van der Waals surface area (Å²) in [4.78, 5) is 6.55. The van der Waals surface area contributed by atoms with Gasteiger partial charge in [0.25, 0.3) is 0 Å². The van der Waals surface area contributed by atoms with Crippen LogP contribution in [0.25, 0.3) is 0 Å². The molecule has 1 heterocycles. The van der Waals surface area contributed by atoms with E-state index in [2.05, 4.69) is 42.9 Å². The predicted molar refractivity (Wildman–Crippen MR) is 79.6 cm³/mol. The summed E-state index contributed by atoms with van der Waals surface area (Å²) < 4.78 is 1.91. The highest BCUT2D eigenvalue weighted by molar-refractivity contribution is 5.02. The van der Waals surface area contributed by atoms with Gasteiger partial charge in [-0.15, -0.1) is 0 Å². The molecule has 1 aliphatic rings. The first kappa shape index (κ1) is 15.4. The Hall–Kier alpha value is -0.940. The highest BCUT2D eigenvalue weighted by Gasteiger charge is 2.41. The fourth-order valence-electron chi connectivity index (χ4n) is 3.46. The maximum atomic E-state index is 10.9. The third-order valence-corrected chi connectivity index (χ3v) is 4.74. The van der Waals surface area contributed by atoms with Crippen LogP contribution in [-0.2, 0) is 6.42 Å². The number of aliphatic hydroxyl groups excluding tert-OH is 1. The topological polar surface area (TPSA) is 54.2 Å². The van der Waals surface area contributed by atoms with Crippen LogP contribution in [0, 0.1) is 0 Å². The van der Waals surface area contributed by atoms with E-state index in [0.29, 0.717) is 6.42 Å². The first-order valence-corrected chi connectivity index (χ1v) is 7.71. The molecule has 1 aromatic rings. The predicted octanol–water partition coefficient (Wildman–Crippen LogP) is 2.03. The van der Waals surface area contributed by atoms with Gasteiger partial charge in [-0.25, -0.2) is 9.67 Å². The molecule has 1 atom stereocenters. The van der Waals surface area contributed by atoms with Gasteiger partial charge >= 0.3 is 0 Å². The van der Waals surface area contributed by atoms with Gasteiger partial charge in [-0.2, -0.15) is 5.10 Å². The van der Waals surface area contributed by atoms with Gasteiger partial charge in [-0.3, -0.25) is 0 Å². The molecule has 0 aliphatic heterocycles. The van der Waals surface area contributed by atoms with Gasteiger partial charge in [0.05, 0.1) is 6.10 Å². The van der Waals surface area contributed by atoms with Crippen molar-refractivity contribution in [3.8, 4) is 0 Å². The minimum atomic E-state index is -0.389. The van der Waals surface area contributed by atoms with Gasteiger partial charge in [0.1, 0.15) is 12.2 Å². The Morgan fingerprint density at radius 1 is 1.30 bits per heavy atom. The highest BCUT2D eigenvalue weighted by Crippen LogP contribution is 2.36. The van der Waals surface area contributed by atoms with E-state index >= 15 is 0 Å². The van der Waals surface area contributed by atoms with Crippen molar-refractivity contribution in [2.45, 2.75) is 70.1 Å². The summed E-state index contributed by atoms with van der Waals surface area (Å²) >= 11 is 0. The van der Waals surface area contributed by atoms with E-state index in [0.717, 1.165) is 18.7 Å². The number of likely N-dealkylation sites (N-methyl/N-ethyl adjacent to an activating group) is 1. The van der Waals surface area contributed by atoms with Crippen molar-refractivity contribution in [3.05, 3.63) is 12.2 Å². The Kier molecular flexibility index (Phi) is 4.81. The van der Waals surface area contributed by atoms with Gasteiger partial charge in [-0.05, 0) is 40.8 Å². The monoisotopic (exact) mass is 280 g/mol. The normalized spacial score (nSPS) is 20.6. The second-order valence-corrected chi connectivity index (χ2v) is 6.49. The van der Waals surface area contributed by atoms with Crippen LogP contribution in [0.2, 0.25) is 0 Å². The maximum Gasteiger partial charge on any atom is 0.138 e. The number of hydrogen-bond donors (Lipinski definition) is 1. The lowest BCUT2D eigenvalue weighted by molar-refractivity contribution is -0.0324. The molecule has 0 bridgehead atoms. The van der Waals surface area contributed by atoms with Crippen LogP contribution in [0.15, 0.2) is 6.33 Å². The Bertz CT molecular complexity index is 421. The molecule has 1 aromatic heterocycles. The van der Waals surface area contributed by atoms with Crippen LogP contribution >= 0.6 is 0 Å². The third kappa shape index (κ3) is 2.88. The van der Waals surface area contributed by atoms with Crippen molar-refractivity contribution in [1.29, 1.82) is 0 Å². The Morgan fingerprint density at radius 3 is 2.50 bits per heavy atom. The lowest BCUT2D eigenvalue weighted by Crippen LogP contribution is -2.55. The largest absolute Gasteiger partial charge is 0.391 e. The van der Waals surface area contributed by atoms with E-state index < -0.39 is 0 Å². The zero-order valence-electron chi connectivity index (χ0n) is 13.2. The zero-order valence-corrected chi connectivity index (χ0v) is 13.2. The first-order valence-electron chi connectivity index (χ1n) is 7.71. The van der Waals surface area contributed by atoms with Crippen molar-refractivity contribution in [3.63, 3.8) is 0 Å². The van der Waals surface area contributed by atoms with Crippen LogP contribution in [0.4, 0.5) is 0 Å². The average Bonchev–Trinajstić information content (AvgIpc) is 2.87. The van der Waals surface area contributed by atoms with E-state index in [9.17, 15) is 5.11 Å². The molecule has 1 saturated carbocycles. The average molecular weight is 280 g/mol. The molecule has 0 spiro atoms. The molecule has 20 heavy (non-hydrogen) atoms. The molecule has 5 nitrogen and oxygen atoms in total. The maximum absolute atomic E-state index is 10.9. The molecule has 0 aromatic carbocycles. The molecule has 1 fully saturated rings. The Labute approximate surface area is 122 Å². The van der Waals surface area contributed by atoms with Gasteiger partial charge < -0.3 is 10.0 Å². The fraction of sp³-hybridized carbons (Fsp3) is 0.867. The first-order chi connectivity index (χ1) is 9.47. The van der Waals surface area contributed by atoms with Crippen molar-refractivity contribution in [1.82, 2.24) is 19.7 Å². The molecule has 1 unspecified atom stereocenters. The van der Waals surface area contributed by atoms with E-state index in [1.54, 1.807) is 6.33 Å². The van der Waals surface area contributed by atoms with E-state index in [1.807, 2.05) is 4.68 Å². The van der Waals surface area contributed by atoms with Crippen LogP contribution < -0.4 is 0 Å². The SMILES string of the molecule is CC(C)n1ncnc1CC(O)C1(N(C)C)CCCCC1. The van der Waals surface area contributed by atoms with Gasteiger partial charge in [0.2, 0.25) is 0 Å². The summed E-state index contributed by atoms with van der Waals surface area (Å²) in [5, 5.41) is 15.1. The number of aromatic nitrogens is 3. The molecule has 1 N–H and O–H groups in total. The smallest absolute Gasteiger partial charge is 0.138 e. The molecule has 0 saturated heterocycles. The van der Waals surface area contributed by atoms with Crippen LogP contribution in [0.5, 0.6) is 0 Å². The summed E-state index contributed by atoms with van der Waals surface area (Å²) in [5.41, 5.74) is -0.105. The Morgan fingerprint density at radius 2 is 1.95 bits per heavy atom. The van der Waals surface area contributed by atoms with Crippen LogP contribution in [0.1, 0.15) is 57.8 Å².